The first-order valence-electron chi connectivity index (χ1n) is 12.4. The molecule has 15 heteroatoms. The first kappa shape index (κ1) is 29.0. The van der Waals surface area contributed by atoms with Crippen molar-refractivity contribution in [2.75, 3.05) is 19.8 Å². The molecule has 8 unspecified atom stereocenters. The lowest BCUT2D eigenvalue weighted by Crippen LogP contribution is -2.62. The molecule has 5 rings (SSSR count). The summed E-state index contributed by atoms with van der Waals surface area (Å²) in [7, 11) is 0. The third-order valence-corrected chi connectivity index (χ3v) is 6.98. The van der Waals surface area contributed by atoms with Gasteiger partial charge in [-0.1, -0.05) is 0 Å². The van der Waals surface area contributed by atoms with Gasteiger partial charge >= 0.3 is 0 Å². The van der Waals surface area contributed by atoms with Crippen LogP contribution >= 0.6 is 0 Å². The van der Waals surface area contributed by atoms with Crippen LogP contribution in [-0.4, -0.2) is 114 Å². The Hall–Kier alpha value is -3.51. The Balaban J connectivity index is 1.60. The van der Waals surface area contributed by atoms with Crippen molar-refractivity contribution in [3.63, 3.8) is 0 Å². The summed E-state index contributed by atoms with van der Waals surface area (Å²) in [6.45, 7) is -2.23. The molecule has 3 heterocycles. The van der Waals surface area contributed by atoms with Gasteiger partial charge in [0.15, 0.2) is 18.2 Å². The fourth-order valence-corrected chi connectivity index (χ4v) is 4.65. The number of benzene rings is 2. The SMILES string of the molecule is O=c1c(OC2OC(CO)C(O)C(O)C2OC2OCC(O)(CO)C2O)c(-c2ccc(O)cc2)oc2cc(O)cc(O)c12. The maximum absolute atomic E-state index is 13.7. The molecule has 2 saturated heterocycles. The highest BCUT2D eigenvalue weighted by Gasteiger charge is 2.53. The van der Waals surface area contributed by atoms with E-state index in [0.29, 0.717) is 0 Å². The normalized spacial score (nSPS) is 31.9. The number of hydrogen-bond donors (Lipinski definition) is 9. The molecule has 2 aliphatic heterocycles. The van der Waals surface area contributed by atoms with E-state index in [-0.39, 0.29) is 22.7 Å². The van der Waals surface area contributed by atoms with Crippen molar-refractivity contribution in [2.24, 2.45) is 0 Å². The van der Waals surface area contributed by atoms with E-state index < -0.39 is 96.6 Å². The second-order valence-electron chi connectivity index (χ2n) is 9.79. The maximum Gasteiger partial charge on any atom is 0.239 e. The predicted octanol–water partition coefficient (Wildman–Crippen LogP) is -1.78. The third kappa shape index (κ3) is 5.19. The average Bonchev–Trinajstić information content (AvgIpc) is 3.22. The van der Waals surface area contributed by atoms with Crippen LogP contribution < -0.4 is 10.2 Å². The number of phenols is 3. The lowest BCUT2D eigenvalue weighted by Gasteiger charge is -2.42. The largest absolute Gasteiger partial charge is 0.508 e. The molecule has 0 radical (unpaired) electrons. The van der Waals surface area contributed by atoms with Crippen LogP contribution in [0.1, 0.15) is 0 Å². The highest BCUT2D eigenvalue weighted by atomic mass is 16.8. The monoisotopic (exact) mass is 580 g/mol. The summed E-state index contributed by atoms with van der Waals surface area (Å²) in [6.07, 6.45) is -12.0. The summed E-state index contributed by atoms with van der Waals surface area (Å²) in [5, 5.41) is 90.9. The van der Waals surface area contributed by atoms with Crippen molar-refractivity contribution >= 4 is 11.0 Å². The summed E-state index contributed by atoms with van der Waals surface area (Å²) in [6, 6.07) is 7.30. The zero-order valence-corrected chi connectivity index (χ0v) is 21.1. The Morgan fingerprint density at radius 1 is 0.951 bits per heavy atom. The van der Waals surface area contributed by atoms with Gasteiger partial charge in [0.1, 0.15) is 58.2 Å². The van der Waals surface area contributed by atoms with E-state index in [9.17, 15) is 50.8 Å². The Kier molecular flexibility index (Phi) is 7.82. The molecule has 3 aromatic rings. The van der Waals surface area contributed by atoms with E-state index in [1.807, 2.05) is 0 Å². The van der Waals surface area contributed by atoms with E-state index in [1.54, 1.807) is 0 Å². The minimum absolute atomic E-state index is 0.112. The smallest absolute Gasteiger partial charge is 0.239 e. The number of aliphatic hydroxyl groups is 6. The average molecular weight is 580 g/mol. The number of hydrogen-bond acceptors (Lipinski definition) is 15. The molecule has 0 amide bonds. The molecule has 1 aromatic heterocycles. The summed E-state index contributed by atoms with van der Waals surface area (Å²) >= 11 is 0. The molecule has 222 valence electrons. The highest BCUT2D eigenvalue weighted by molar-refractivity contribution is 5.88. The van der Waals surface area contributed by atoms with Crippen LogP contribution in [-0.2, 0) is 14.2 Å². The Labute approximate surface area is 230 Å². The Morgan fingerprint density at radius 3 is 2.29 bits per heavy atom. The lowest BCUT2D eigenvalue weighted by molar-refractivity contribution is -0.319. The van der Waals surface area contributed by atoms with E-state index in [0.717, 1.165) is 12.1 Å². The topological polar surface area (TPSA) is 249 Å². The van der Waals surface area contributed by atoms with Crippen LogP contribution in [0.5, 0.6) is 23.0 Å². The quantitative estimate of drug-likeness (QED) is 0.150. The van der Waals surface area contributed by atoms with Crippen LogP contribution in [0.2, 0.25) is 0 Å². The number of rotatable bonds is 7. The zero-order valence-electron chi connectivity index (χ0n) is 21.1. The van der Waals surface area contributed by atoms with Gasteiger partial charge in [0.05, 0.1) is 19.8 Å². The van der Waals surface area contributed by atoms with Crippen LogP contribution in [0.4, 0.5) is 0 Å². The van der Waals surface area contributed by atoms with Crippen LogP contribution in [0.3, 0.4) is 0 Å². The molecule has 2 fully saturated rings. The number of aliphatic hydroxyl groups excluding tert-OH is 5. The molecule has 41 heavy (non-hydrogen) atoms. The van der Waals surface area contributed by atoms with Crippen molar-refractivity contribution in [1.29, 1.82) is 0 Å². The standard InChI is InChI=1S/C26H28O15/c27-7-15-17(32)19(34)22(41-25-23(35)26(36,8-28)9-37-25)24(39-15)40-21-18(33)16-13(31)5-12(30)6-14(16)38-20(21)10-1-3-11(29)4-2-10/h1-6,15,17,19,22-25,27-32,34-36H,7-9H2. The number of ether oxygens (including phenoxy) is 4. The van der Waals surface area contributed by atoms with E-state index in [2.05, 4.69) is 0 Å². The molecule has 0 saturated carbocycles. The zero-order chi connectivity index (χ0) is 29.6. The van der Waals surface area contributed by atoms with Gasteiger partial charge in [-0.3, -0.25) is 4.79 Å². The fraction of sp³-hybridized carbons (Fsp3) is 0.423. The van der Waals surface area contributed by atoms with Crippen molar-refractivity contribution in [3.8, 4) is 34.3 Å². The van der Waals surface area contributed by atoms with Crippen molar-refractivity contribution in [1.82, 2.24) is 0 Å². The van der Waals surface area contributed by atoms with E-state index in [1.165, 1.54) is 24.3 Å². The number of phenolic OH excluding ortho intramolecular Hbond substituents is 3. The van der Waals surface area contributed by atoms with Gasteiger partial charge < -0.3 is 69.3 Å². The van der Waals surface area contributed by atoms with Gasteiger partial charge in [0, 0.05) is 17.7 Å². The number of fused-ring (bicyclic) bond motifs is 1. The lowest BCUT2D eigenvalue weighted by atomic mass is 9.98. The van der Waals surface area contributed by atoms with Crippen molar-refractivity contribution < 1.29 is 69.3 Å². The van der Waals surface area contributed by atoms with E-state index >= 15 is 0 Å². The molecule has 2 aromatic carbocycles. The molecular weight excluding hydrogens is 552 g/mol. The number of aromatic hydroxyl groups is 3. The molecule has 2 aliphatic rings. The second kappa shape index (κ2) is 11.1. The van der Waals surface area contributed by atoms with E-state index in [4.69, 9.17) is 23.4 Å². The van der Waals surface area contributed by atoms with Gasteiger partial charge in [-0.25, -0.2) is 0 Å². The maximum atomic E-state index is 13.7. The van der Waals surface area contributed by atoms with Crippen molar-refractivity contribution in [2.45, 2.75) is 48.7 Å². The first-order chi connectivity index (χ1) is 19.5. The van der Waals surface area contributed by atoms with Crippen molar-refractivity contribution in [3.05, 3.63) is 46.6 Å². The van der Waals surface area contributed by atoms with Gasteiger partial charge in [-0.15, -0.1) is 0 Å². The summed E-state index contributed by atoms with van der Waals surface area (Å²) < 4.78 is 28.1. The van der Waals surface area contributed by atoms with Gasteiger partial charge in [0.25, 0.3) is 0 Å². The van der Waals surface area contributed by atoms with Gasteiger partial charge in [-0.2, -0.15) is 0 Å². The summed E-state index contributed by atoms with van der Waals surface area (Å²) in [4.78, 5) is 13.7. The summed E-state index contributed by atoms with van der Waals surface area (Å²) in [5.74, 6) is -2.03. The second-order valence-corrected chi connectivity index (χ2v) is 9.79. The molecule has 0 spiro atoms. The first-order valence-corrected chi connectivity index (χ1v) is 12.4. The van der Waals surface area contributed by atoms with Crippen LogP contribution in [0.15, 0.2) is 45.6 Å². The third-order valence-electron chi connectivity index (χ3n) is 6.98. The highest BCUT2D eigenvalue weighted by Crippen LogP contribution is 2.38. The molecule has 0 bridgehead atoms. The molecule has 8 atom stereocenters. The molecule has 9 N–H and O–H groups in total. The van der Waals surface area contributed by atoms with Gasteiger partial charge in [0.2, 0.25) is 17.5 Å². The fourth-order valence-electron chi connectivity index (χ4n) is 4.65. The minimum atomic E-state index is -2.09. The Bertz CT molecular complexity index is 1460. The Morgan fingerprint density at radius 2 is 1.66 bits per heavy atom. The summed E-state index contributed by atoms with van der Waals surface area (Å²) in [5.41, 5.74) is -3.09. The predicted molar refractivity (Wildman–Crippen MR) is 134 cm³/mol. The van der Waals surface area contributed by atoms with Crippen LogP contribution in [0, 0.1) is 0 Å². The molecule has 15 nitrogen and oxygen atoms in total. The minimum Gasteiger partial charge on any atom is -0.508 e. The molecule has 0 aliphatic carbocycles. The van der Waals surface area contributed by atoms with Gasteiger partial charge in [-0.05, 0) is 24.3 Å². The molecular formula is C26H28O15. The van der Waals surface area contributed by atoms with Crippen LogP contribution in [0.25, 0.3) is 22.3 Å².